The number of fused-ring (bicyclic) bond motifs is 1. The number of nitrogens with one attached hydrogen (secondary N) is 2. The van der Waals surface area contributed by atoms with Gasteiger partial charge >= 0.3 is 5.97 Å². The van der Waals surface area contributed by atoms with E-state index in [1.807, 2.05) is 30.3 Å². The number of carboxylic acid groups (broad SMARTS) is 1. The first-order valence-corrected chi connectivity index (χ1v) is 11.8. The maximum absolute atomic E-state index is 12.2. The zero-order valence-corrected chi connectivity index (χ0v) is 19.1. The molecule has 1 aliphatic heterocycles. The predicted octanol–water partition coefficient (Wildman–Crippen LogP) is 3.24. The highest BCUT2D eigenvalue weighted by Gasteiger charge is 2.21. The van der Waals surface area contributed by atoms with Gasteiger partial charge in [-0.1, -0.05) is 36.4 Å². The lowest BCUT2D eigenvalue weighted by atomic mass is 10.1. The highest BCUT2D eigenvalue weighted by Crippen LogP contribution is 2.20. The fourth-order valence-corrected chi connectivity index (χ4v) is 4.05. The summed E-state index contributed by atoms with van der Waals surface area (Å²) < 4.78 is 1.34. The van der Waals surface area contributed by atoms with Gasteiger partial charge in [0.2, 0.25) is 5.91 Å². The van der Waals surface area contributed by atoms with Gasteiger partial charge in [0.1, 0.15) is 12.1 Å². The second-order valence-electron chi connectivity index (χ2n) is 8.45. The van der Waals surface area contributed by atoms with Crippen LogP contribution in [0.2, 0.25) is 0 Å². The Morgan fingerprint density at radius 1 is 1.15 bits per heavy atom. The van der Waals surface area contributed by atoms with Gasteiger partial charge in [0.05, 0.1) is 0 Å². The van der Waals surface area contributed by atoms with Gasteiger partial charge in [0.15, 0.2) is 11.9 Å². The molecule has 1 atom stereocenters. The summed E-state index contributed by atoms with van der Waals surface area (Å²) in [5.41, 5.74) is 3.14. The van der Waals surface area contributed by atoms with E-state index in [2.05, 4.69) is 37.8 Å². The van der Waals surface area contributed by atoms with Crippen LogP contribution in [-0.4, -0.2) is 49.8 Å². The van der Waals surface area contributed by atoms with Crippen LogP contribution < -0.4 is 10.6 Å². The number of aromatic nitrogens is 4. The molecule has 0 saturated carbocycles. The fraction of sp³-hybridized carbons (Fsp3) is 0.400. The van der Waals surface area contributed by atoms with Gasteiger partial charge in [-0.05, 0) is 50.2 Å². The standard InChI is InChI=1S/C25H30N6O3/c32-22(11-5-4-10-20-13-12-19-9-6-15-27-23(19)29-20)26-16-14-21(25(33)34)31-17-28-24(30-31)18-7-2-1-3-8-18/h1-3,7-8,12-13,17,21H,4-6,9-11,14-16H2,(H,26,32)(H,27,29)(H,33,34)/t21-/m1/s1. The molecule has 0 fully saturated rings. The Labute approximate surface area is 198 Å². The van der Waals surface area contributed by atoms with Crippen molar-refractivity contribution in [3.63, 3.8) is 0 Å². The zero-order chi connectivity index (χ0) is 23.8. The van der Waals surface area contributed by atoms with Gasteiger partial charge in [-0.25, -0.2) is 19.4 Å². The molecule has 1 amide bonds. The van der Waals surface area contributed by atoms with Gasteiger partial charge < -0.3 is 15.7 Å². The molecule has 178 valence electrons. The van der Waals surface area contributed by atoms with Gasteiger partial charge in [0, 0.05) is 30.8 Å². The molecule has 0 bridgehead atoms. The number of pyridine rings is 1. The molecule has 3 heterocycles. The SMILES string of the molecule is O=C(CCCCc1ccc2c(n1)NCCC2)NCC[C@H](C(=O)O)n1cnc(-c2ccccc2)n1. The topological polar surface area (TPSA) is 122 Å². The smallest absolute Gasteiger partial charge is 0.328 e. The zero-order valence-electron chi connectivity index (χ0n) is 19.1. The maximum atomic E-state index is 12.2. The fourth-order valence-electron chi connectivity index (χ4n) is 4.05. The molecule has 3 aromatic rings. The van der Waals surface area contributed by atoms with E-state index in [-0.39, 0.29) is 18.9 Å². The molecule has 0 aliphatic carbocycles. The first-order chi connectivity index (χ1) is 16.6. The minimum atomic E-state index is -1.01. The molecule has 1 aromatic carbocycles. The highest BCUT2D eigenvalue weighted by molar-refractivity contribution is 5.76. The maximum Gasteiger partial charge on any atom is 0.328 e. The summed E-state index contributed by atoms with van der Waals surface area (Å²) in [5, 5.41) is 20.1. The molecular formula is C25H30N6O3. The average Bonchev–Trinajstić information content (AvgIpc) is 3.34. The monoisotopic (exact) mass is 462 g/mol. The lowest BCUT2D eigenvalue weighted by Gasteiger charge is -2.17. The molecule has 4 rings (SSSR count). The predicted molar refractivity (Wildman–Crippen MR) is 128 cm³/mol. The number of carbonyl (C=O) groups excluding carboxylic acids is 1. The van der Waals surface area contributed by atoms with Crippen LogP contribution in [0.3, 0.4) is 0 Å². The van der Waals surface area contributed by atoms with Crippen LogP contribution in [0.15, 0.2) is 48.8 Å². The molecule has 1 aliphatic rings. The van der Waals surface area contributed by atoms with Crippen LogP contribution in [0, 0.1) is 0 Å². The number of hydrogen-bond donors (Lipinski definition) is 3. The Kier molecular flexibility index (Phi) is 7.85. The summed E-state index contributed by atoms with van der Waals surface area (Å²) in [6.45, 7) is 1.23. The number of aliphatic carboxylic acids is 1. The Morgan fingerprint density at radius 3 is 2.82 bits per heavy atom. The summed E-state index contributed by atoms with van der Waals surface area (Å²) in [5.74, 6) is 0.386. The van der Waals surface area contributed by atoms with E-state index >= 15 is 0 Å². The largest absolute Gasteiger partial charge is 0.480 e. The summed E-state index contributed by atoms with van der Waals surface area (Å²) in [7, 11) is 0. The first-order valence-electron chi connectivity index (χ1n) is 11.8. The van der Waals surface area contributed by atoms with Crippen molar-refractivity contribution in [1.29, 1.82) is 0 Å². The summed E-state index contributed by atoms with van der Waals surface area (Å²) in [6, 6.07) is 12.7. The molecule has 0 spiro atoms. The van der Waals surface area contributed by atoms with Crippen LogP contribution >= 0.6 is 0 Å². The van der Waals surface area contributed by atoms with Crippen molar-refractivity contribution in [3.05, 3.63) is 60.0 Å². The summed E-state index contributed by atoms with van der Waals surface area (Å²) in [6.07, 6.45) is 6.73. The van der Waals surface area contributed by atoms with Crippen LogP contribution in [0.4, 0.5) is 5.82 Å². The second kappa shape index (κ2) is 11.4. The van der Waals surface area contributed by atoms with E-state index in [4.69, 9.17) is 0 Å². The van der Waals surface area contributed by atoms with E-state index < -0.39 is 12.0 Å². The molecule has 34 heavy (non-hydrogen) atoms. The molecule has 0 unspecified atom stereocenters. The van der Waals surface area contributed by atoms with Crippen molar-refractivity contribution < 1.29 is 14.7 Å². The van der Waals surface area contributed by atoms with Gasteiger partial charge in [-0.15, -0.1) is 0 Å². The van der Waals surface area contributed by atoms with E-state index in [9.17, 15) is 14.7 Å². The number of nitrogens with zero attached hydrogens (tertiary/aromatic N) is 4. The number of carboxylic acids is 1. The summed E-state index contributed by atoms with van der Waals surface area (Å²) in [4.78, 5) is 32.9. The molecular weight excluding hydrogens is 432 g/mol. The van der Waals surface area contributed by atoms with Crippen molar-refractivity contribution >= 4 is 17.7 Å². The molecule has 9 nitrogen and oxygen atoms in total. The van der Waals surface area contributed by atoms with Crippen molar-refractivity contribution in [2.24, 2.45) is 0 Å². The highest BCUT2D eigenvalue weighted by atomic mass is 16.4. The van der Waals surface area contributed by atoms with Gasteiger partial charge in [-0.2, -0.15) is 5.10 Å². The van der Waals surface area contributed by atoms with Crippen molar-refractivity contribution in [2.45, 2.75) is 51.0 Å². The average molecular weight is 463 g/mol. The molecule has 9 heteroatoms. The van der Waals surface area contributed by atoms with Gasteiger partial charge in [0.25, 0.3) is 0 Å². The summed E-state index contributed by atoms with van der Waals surface area (Å²) >= 11 is 0. The Bertz CT molecular complexity index is 1110. The van der Waals surface area contributed by atoms with E-state index in [1.165, 1.54) is 16.6 Å². The number of unbranched alkanes of at least 4 members (excludes halogenated alkanes) is 1. The number of rotatable bonds is 11. The van der Waals surface area contributed by atoms with Crippen molar-refractivity contribution in [1.82, 2.24) is 25.1 Å². The van der Waals surface area contributed by atoms with Crippen molar-refractivity contribution in [2.75, 3.05) is 18.4 Å². The minimum absolute atomic E-state index is 0.0761. The number of amides is 1. The van der Waals surface area contributed by atoms with Crippen LogP contribution in [-0.2, 0) is 22.4 Å². The lowest BCUT2D eigenvalue weighted by Crippen LogP contribution is -2.29. The third kappa shape index (κ3) is 6.18. The molecule has 0 radical (unpaired) electrons. The normalized spacial score (nSPS) is 13.5. The third-order valence-electron chi connectivity index (χ3n) is 5.92. The van der Waals surface area contributed by atoms with E-state index in [0.717, 1.165) is 55.7 Å². The third-order valence-corrected chi connectivity index (χ3v) is 5.92. The lowest BCUT2D eigenvalue weighted by molar-refractivity contribution is -0.141. The van der Waals surface area contributed by atoms with E-state index in [1.54, 1.807) is 0 Å². The van der Waals surface area contributed by atoms with Crippen molar-refractivity contribution in [3.8, 4) is 11.4 Å². The molecule has 2 aromatic heterocycles. The Hall–Kier alpha value is -3.75. The van der Waals surface area contributed by atoms with Crippen LogP contribution in [0.5, 0.6) is 0 Å². The van der Waals surface area contributed by atoms with Gasteiger partial charge in [-0.3, -0.25) is 4.79 Å². The second-order valence-corrected chi connectivity index (χ2v) is 8.45. The minimum Gasteiger partial charge on any atom is -0.480 e. The first kappa shape index (κ1) is 23.4. The number of anilines is 1. The number of benzene rings is 1. The van der Waals surface area contributed by atoms with Crippen LogP contribution in [0.1, 0.15) is 49.4 Å². The Morgan fingerprint density at radius 2 is 2.00 bits per heavy atom. The Balaban J connectivity index is 1.18. The molecule has 3 N–H and O–H groups in total. The quantitative estimate of drug-likeness (QED) is 0.374. The van der Waals surface area contributed by atoms with Crippen LogP contribution in [0.25, 0.3) is 11.4 Å². The number of carbonyl (C=O) groups is 2. The van der Waals surface area contributed by atoms with E-state index in [0.29, 0.717) is 12.2 Å². The molecule has 0 saturated heterocycles. The number of aryl methyl sites for hydroxylation is 2. The number of hydrogen-bond acceptors (Lipinski definition) is 6.